The Labute approximate surface area is 105 Å². The van der Waals surface area contributed by atoms with Crippen molar-refractivity contribution < 1.29 is 5.11 Å². The second-order valence-corrected chi connectivity index (χ2v) is 4.15. The summed E-state index contributed by atoms with van der Waals surface area (Å²) in [6.07, 6.45) is 4.38. The van der Waals surface area contributed by atoms with E-state index in [0.29, 0.717) is 0 Å². The Kier molecular flexibility index (Phi) is 2.74. The zero-order valence-corrected chi connectivity index (χ0v) is 9.69. The monoisotopic (exact) mass is 236 g/mol. The SMILES string of the molecule is O[C@H](c1cccnc1)c1cnc2ccccc2c1. The second kappa shape index (κ2) is 4.55. The fraction of sp³-hybridized carbons (Fsp3) is 0.0667. The number of fused-ring (bicyclic) bond motifs is 1. The van der Waals surface area contributed by atoms with E-state index in [1.807, 2.05) is 42.5 Å². The normalized spacial score (nSPS) is 12.5. The van der Waals surface area contributed by atoms with E-state index in [1.54, 1.807) is 18.6 Å². The van der Waals surface area contributed by atoms with E-state index in [9.17, 15) is 5.11 Å². The second-order valence-electron chi connectivity index (χ2n) is 4.15. The standard InChI is InChI=1S/C15H12N2O/c18-15(12-5-3-7-16-9-12)13-8-11-4-1-2-6-14(11)17-10-13/h1-10,15,18H/t15-/m1/s1. The molecule has 3 heteroatoms. The van der Waals surface area contributed by atoms with E-state index in [1.165, 1.54) is 0 Å². The van der Waals surface area contributed by atoms with Gasteiger partial charge in [-0.1, -0.05) is 24.3 Å². The first kappa shape index (κ1) is 10.9. The summed E-state index contributed by atoms with van der Waals surface area (Å²) in [7, 11) is 0. The van der Waals surface area contributed by atoms with Crippen molar-refractivity contribution in [3.05, 3.63) is 72.2 Å². The molecule has 0 spiro atoms. The van der Waals surface area contributed by atoms with Gasteiger partial charge >= 0.3 is 0 Å². The Bertz CT molecular complexity index is 667. The Morgan fingerprint density at radius 2 is 1.83 bits per heavy atom. The Morgan fingerprint density at radius 1 is 0.944 bits per heavy atom. The molecule has 0 radical (unpaired) electrons. The topological polar surface area (TPSA) is 46.0 Å². The van der Waals surface area contributed by atoms with Crippen molar-refractivity contribution in [1.29, 1.82) is 0 Å². The first-order valence-corrected chi connectivity index (χ1v) is 5.77. The van der Waals surface area contributed by atoms with Gasteiger partial charge in [0.2, 0.25) is 0 Å². The van der Waals surface area contributed by atoms with E-state index in [2.05, 4.69) is 9.97 Å². The molecule has 88 valence electrons. The molecule has 3 nitrogen and oxygen atoms in total. The molecule has 1 N–H and O–H groups in total. The summed E-state index contributed by atoms with van der Waals surface area (Å²) in [5, 5.41) is 11.3. The van der Waals surface area contributed by atoms with Gasteiger partial charge in [-0.2, -0.15) is 0 Å². The Hall–Kier alpha value is -2.26. The van der Waals surface area contributed by atoms with Crippen LogP contribution in [0.5, 0.6) is 0 Å². The van der Waals surface area contributed by atoms with Crippen molar-refractivity contribution in [2.24, 2.45) is 0 Å². The summed E-state index contributed by atoms with van der Waals surface area (Å²) in [5.41, 5.74) is 2.48. The molecule has 0 aliphatic heterocycles. The van der Waals surface area contributed by atoms with Crippen LogP contribution in [-0.4, -0.2) is 15.1 Å². The van der Waals surface area contributed by atoms with Crippen LogP contribution in [-0.2, 0) is 0 Å². The molecule has 0 aliphatic rings. The number of aromatic nitrogens is 2. The summed E-state index contributed by atoms with van der Waals surface area (Å²) in [4.78, 5) is 8.36. The fourth-order valence-electron chi connectivity index (χ4n) is 1.97. The first-order valence-electron chi connectivity index (χ1n) is 5.77. The summed E-state index contributed by atoms with van der Waals surface area (Å²) < 4.78 is 0. The van der Waals surface area contributed by atoms with E-state index in [-0.39, 0.29) is 0 Å². The molecule has 1 atom stereocenters. The lowest BCUT2D eigenvalue weighted by molar-refractivity contribution is 0.219. The lowest BCUT2D eigenvalue weighted by Gasteiger charge is -2.11. The van der Waals surface area contributed by atoms with Crippen LogP contribution in [0.15, 0.2) is 61.1 Å². The lowest BCUT2D eigenvalue weighted by atomic mass is 10.0. The first-order chi connectivity index (χ1) is 8.84. The van der Waals surface area contributed by atoms with E-state index in [4.69, 9.17) is 0 Å². The molecule has 0 fully saturated rings. The zero-order chi connectivity index (χ0) is 12.4. The summed E-state index contributed by atoms with van der Waals surface area (Å²) in [6.45, 7) is 0. The number of nitrogens with zero attached hydrogens (tertiary/aromatic N) is 2. The van der Waals surface area contributed by atoms with Crippen molar-refractivity contribution >= 4 is 10.9 Å². The molecule has 0 unspecified atom stereocenters. The maximum absolute atomic E-state index is 10.3. The average molecular weight is 236 g/mol. The number of aliphatic hydroxyl groups is 1. The van der Waals surface area contributed by atoms with Crippen LogP contribution in [0, 0.1) is 0 Å². The van der Waals surface area contributed by atoms with Crippen LogP contribution in [0.4, 0.5) is 0 Å². The van der Waals surface area contributed by atoms with Crippen LogP contribution >= 0.6 is 0 Å². The van der Waals surface area contributed by atoms with Crippen molar-refractivity contribution in [2.45, 2.75) is 6.10 Å². The molecule has 0 amide bonds. The smallest absolute Gasteiger partial charge is 0.107 e. The van der Waals surface area contributed by atoms with Crippen LogP contribution in [0.2, 0.25) is 0 Å². The Balaban J connectivity index is 2.04. The van der Waals surface area contributed by atoms with Gasteiger partial charge in [0.1, 0.15) is 6.10 Å². The molecule has 2 heterocycles. The van der Waals surface area contributed by atoms with Crippen LogP contribution in [0.1, 0.15) is 17.2 Å². The molecular weight excluding hydrogens is 224 g/mol. The minimum absolute atomic E-state index is 0.684. The predicted octanol–water partition coefficient (Wildman–Crippen LogP) is 2.71. The maximum atomic E-state index is 10.3. The van der Waals surface area contributed by atoms with E-state index < -0.39 is 6.10 Å². The quantitative estimate of drug-likeness (QED) is 0.744. The summed E-state index contributed by atoms with van der Waals surface area (Å²) in [6, 6.07) is 13.5. The van der Waals surface area contributed by atoms with Gasteiger partial charge in [0.15, 0.2) is 0 Å². The molecule has 18 heavy (non-hydrogen) atoms. The van der Waals surface area contributed by atoms with Crippen LogP contribution in [0.25, 0.3) is 10.9 Å². The average Bonchev–Trinajstić information content (AvgIpc) is 2.47. The highest BCUT2D eigenvalue weighted by atomic mass is 16.3. The van der Waals surface area contributed by atoms with Crippen molar-refractivity contribution in [2.75, 3.05) is 0 Å². The van der Waals surface area contributed by atoms with Gasteiger partial charge in [0.25, 0.3) is 0 Å². The largest absolute Gasteiger partial charge is 0.384 e. The van der Waals surface area contributed by atoms with Gasteiger partial charge < -0.3 is 5.11 Å². The van der Waals surface area contributed by atoms with Crippen molar-refractivity contribution in [1.82, 2.24) is 9.97 Å². The van der Waals surface area contributed by atoms with Crippen molar-refractivity contribution in [3.63, 3.8) is 0 Å². The van der Waals surface area contributed by atoms with Gasteiger partial charge in [-0.3, -0.25) is 9.97 Å². The van der Waals surface area contributed by atoms with Gasteiger partial charge in [0.05, 0.1) is 5.52 Å². The fourth-order valence-corrected chi connectivity index (χ4v) is 1.97. The van der Waals surface area contributed by atoms with Gasteiger partial charge in [-0.05, 0) is 18.2 Å². The number of aliphatic hydroxyl groups excluding tert-OH is 1. The number of pyridine rings is 2. The van der Waals surface area contributed by atoms with Crippen molar-refractivity contribution in [3.8, 4) is 0 Å². The molecule has 3 aromatic rings. The van der Waals surface area contributed by atoms with Gasteiger partial charge in [-0.25, -0.2) is 0 Å². The number of para-hydroxylation sites is 1. The third-order valence-corrected chi connectivity index (χ3v) is 2.93. The number of rotatable bonds is 2. The third kappa shape index (κ3) is 1.96. The summed E-state index contributed by atoms with van der Waals surface area (Å²) in [5.74, 6) is 0. The highest BCUT2D eigenvalue weighted by molar-refractivity contribution is 5.78. The number of benzene rings is 1. The van der Waals surface area contributed by atoms with Gasteiger partial charge in [-0.15, -0.1) is 0 Å². The minimum atomic E-state index is -0.684. The predicted molar refractivity (Wildman–Crippen MR) is 70.0 cm³/mol. The van der Waals surface area contributed by atoms with Crippen LogP contribution in [0.3, 0.4) is 0 Å². The molecule has 0 aliphatic carbocycles. The van der Waals surface area contributed by atoms with E-state index in [0.717, 1.165) is 22.0 Å². The number of hydrogen-bond acceptors (Lipinski definition) is 3. The van der Waals surface area contributed by atoms with E-state index >= 15 is 0 Å². The molecule has 3 rings (SSSR count). The summed E-state index contributed by atoms with van der Waals surface area (Å²) >= 11 is 0. The molecule has 2 aromatic heterocycles. The minimum Gasteiger partial charge on any atom is -0.384 e. The molecule has 0 saturated carbocycles. The molecule has 0 saturated heterocycles. The third-order valence-electron chi connectivity index (χ3n) is 2.93. The van der Waals surface area contributed by atoms with Crippen LogP contribution < -0.4 is 0 Å². The Morgan fingerprint density at radius 3 is 2.67 bits per heavy atom. The molecular formula is C15H12N2O. The maximum Gasteiger partial charge on any atom is 0.107 e. The van der Waals surface area contributed by atoms with Gasteiger partial charge in [0, 0.05) is 35.1 Å². The highest BCUT2D eigenvalue weighted by Crippen LogP contribution is 2.23. The molecule has 0 bridgehead atoms. The number of hydrogen-bond donors (Lipinski definition) is 1. The molecule has 1 aromatic carbocycles. The lowest BCUT2D eigenvalue weighted by Crippen LogP contribution is -2.00. The highest BCUT2D eigenvalue weighted by Gasteiger charge is 2.11. The zero-order valence-electron chi connectivity index (χ0n) is 9.69.